The number of hydrogen-bond acceptors (Lipinski definition) is 3. The summed E-state index contributed by atoms with van der Waals surface area (Å²) in [6, 6.07) is 7.16. The van der Waals surface area contributed by atoms with Crippen LogP contribution in [0.3, 0.4) is 0 Å². The topological polar surface area (TPSA) is 53.4 Å². The van der Waals surface area contributed by atoms with Crippen molar-refractivity contribution in [3.8, 4) is 5.75 Å². The van der Waals surface area contributed by atoms with Crippen LogP contribution in [0.2, 0.25) is 5.15 Å². The number of phenolic OH excluding ortho intramolecular Hbond substituents is 1. The number of carbonyl (C=O) groups is 1. The molecule has 0 spiro atoms. The number of aromatic nitrogens is 1. The van der Waals surface area contributed by atoms with E-state index < -0.39 is 11.7 Å². The van der Waals surface area contributed by atoms with E-state index in [0.717, 1.165) is 12.3 Å². The highest BCUT2D eigenvalue weighted by Gasteiger charge is 2.18. The third kappa shape index (κ3) is 2.82. The summed E-state index contributed by atoms with van der Waals surface area (Å²) in [6.07, 6.45) is 0.938. The molecule has 0 saturated carbocycles. The van der Waals surface area contributed by atoms with Crippen molar-refractivity contribution >= 4 is 23.2 Å². The van der Waals surface area contributed by atoms with E-state index in [0.29, 0.717) is 5.69 Å². The second-order valence-electron chi connectivity index (χ2n) is 3.88. The van der Waals surface area contributed by atoms with Crippen LogP contribution in [0.1, 0.15) is 10.4 Å². The lowest BCUT2D eigenvalue weighted by Gasteiger charge is -2.17. The van der Waals surface area contributed by atoms with Gasteiger partial charge in [-0.05, 0) is 18.2 Å². The van der Waals surface area contributed by atoms with E-state index in [9.17, 15) is 14.3 Å². The lowest BCUT2D eigenvalue weighted by molar-refractivity contribution is 0.0992. The molecule has 0 atom stereocenters. The Bertz CT molecular complexity index is 634. The van der Waals surface area contributed by atoms with Gasteiger partial charge in [0.05, 0.1) is 11.8 Å². The van der Waals surface area contributed by atoms with Crippen molar-refractivity contribution in [2.75, 3.05) is 11.9 Å². The molecule has 1 aromatic heterocycles. The molecule has 0 saturated heterocycles. The average Bonchev–Trinajstić information content (AvgIpc) is 2.40. The van der Waals surface area contributed by atoms with Crippen LogP contribution in [-0.4, -0.2) is 23.0 Å². The van der Waals surface area contributed by atoms with Gasteiger partial charge in [-0.15, -0.1) is 0 Å². The minimum Gasteiger partial charge on any atom is -0.508 e. The van der Waals surface area contributed by atoms with Crippen molar-refractivity contribution in [1.29, 1.82) is 0 Å². The standard InChI is InChI=1S/C13H10ClFN2O2/c1-17(9-3-2-4-10(18)6-9)13(19)11-5-8(15)7-16-12(11)14/h2-7,18H,1H3. The summed E-state index contributed by atoms with van der Waals surface area (Å²) in [5.41, 5.74) is 0.429. The highest BCUT2D eigenvalue weighted by atomic mass is 35.5. The molecule has 4 nitrogen and oxygen atoms in total. The average molecular weight is 281 g/mol. The molecule has 0 aliphatic heterocycles. The molecule has 98 valence electrons. The Balaban J connectivity index is 2.36. The van der Waals surface area contributed by atoms with Crippen molar-refractivity contribution in [3.05, 3.63) is 53.1 Å². The third-order valence-corrected chi connectivity index (χ3v) is 2.86. The van der Waals surface area contributed by atoms with Gasteiger partial charge in [0.15, 0.2) is 0 Å². The summed E-state index contributed by atoms with van der Waals surface area (Å²) < 4.78 is 13.1. The van der Waals surface area contributed by atoms with Gasteiger partial charge < -0.3 is 10.0 Å². The number of halogens is 2. The maximum absolute atomic E-state index is 13.1. The molecule has 2 aromatic rings. The maximum Gasteiger partial charge on any atom is 0.261 e. The van der Waals surface area contributed by atoms with Gasteiger partial charge in [-0.25, -0.2) is 9.37 Å². The summed E-state index contributed by atoms with van der Waals surface area (Å²) in [4.78, 5) is 17.0. The number of rotatable bonds is 2. The second-order valence-corrected chi connectivity index (χ2v) is 4.23. The number of phenols is 1. The molecule has 1 aromatic carbocycles. The monoisotopic (exact) mass is 280 g/mol. The van der Waals surface area contributed by atoms with Crippen molar-refractivity contribution in [2.24, 2.45) is 0 Å². The normalized spacial score (nSPS) is 10.3. The minimum atomic E-state index is -0.642. The number of aromatic hydroxyl groups is 1. The van der Waals surface area contributed by atoms with Crippen molar-refractivity contribution in [1.82, 2.24) is 4.98 Å². The largest absolute Gasteiger partial charge is 0.508 e. The summed E-state index contributed by atoms with van der Waals surface area (Å²) in [5.74, 6) is -1.12. The lowest BCUT2D eigenvalue weighted by atomic mass is 10.2. The molecule has 19 heavy (non-hydrogen) atoms. The summed E-state index contributed by atoms with van der Waals surface area (Å²) in [6.45, 7) is 0. The van der Waals surface area contributed by atoms with Gasteiger partial charge >= 0.3 is 0 Å². The number of nitrogens with zero attached hydrogens (tertiary/aromatic N) is 2. The molecular formula is C13H10ClFN2O2. The fourth-order valence-corrected chi connectivity index (χ4v) is 1.76. The highest BCUT2D eigenvalue weighted by Crippen LogP contribution is 2.22. The lowest BCUT2D eigenvalue weighted by Crippen LogP contribution is -2.26. The first-order valence-electron chi connectivity index (χ1n) is 5.37. The fraction of sp³-hybridized carbons (Fsp3) is 0.0769. The zero-order valence-electron chi connectivity index (χ0n) is 9.97. The number of benzene rings is 1. The van der Waals surface area contributed by atoms with Crippen LogP contribution in [0.4, 0.5) is 10.1 Å². The van der Waals surface area contributed by atoms with E-state index in [4.69, 9.17) is 11.6 Å². The molecule has 0 aliphatic rings. The predicted octanol–water partition coefficient (Wildman–Crippen LogP) is 2.86. The predicted molar refractivity (Wildman–Crippen MR) is 70.0 cm³/mol. The van der Waals surface area contributed by atoms with E-state index in [2.05, 4.69) is 4.98 Å². The van der Waals surface area contributed by atoms with Gasteiger partial charge in [-0.2, -0.15) is 0 Å². The first-order valence-corrected chi connectivity index (χ1v) is 5.75. The van der Waals surface area contributed by atoms with Gasteiger partial charge in [0.25, 0.3) is 5.91 Å². The number of pyridine rings is 1. The molecule has 0 bridgehead atoms. The van der Waals surface area contributed by atoms with Crippen LogP contribution in [0.25, 0.3) is 0 Å². The molecule has 6 heteroatoms. The Kier molecular flexibility index (Phi) is 3.66. The number of anilines is 1. The Morgan fingerprint density at radius 3 is 2.84 bits per heavy atom. The van der Waals surface area contributed by atoms with E-state index in [1.54, 1.807) is 12.1 Å². The molecule has 0 radical (unpaired) electrons. The molecule has 1 amide bonds. The second kappa shape index (κ2) is 5.24. The Morgan fingerprint density at radius 1 is 1.42 bits per heavy atom. The number of hydrogen-bond donors (Lipinski definition) is 1. The van der Waals surface area contributed by atoms with Gasteiger partial charge in [0, 0.05) is 18.8 Å². The quantitative estimate of drug-likeness (QED) is 0.861. The van der Waals surface area contributed by atoms with Crippen LogP contribution in [0.5, 0.6) is 5.75 Å². The van der Waals surface area contributed by atoms with Gasteiger partial charge in [-0.1, -0.05) is 17.7 Å². The van der Waals surface area contributed by atoms with E-state index in [1.807, 2.05) is 0 Å². The van der Waals surface area contributed by atoms with E-state index in [-0.39, 0.29) is 16.5 Å². The van der Waals surface area contributed by atoms with Crippen molar-refractivity contribution in [2.45, 2.75) is 0 Å². The first kappa shape index (κ1) is 13.3. The summed E-state index contributed by atoms with van der Waals surface area (Å²) in [5, 5.41) is 9.31. The molecule has 1 N–H and O–H groups in total. The molecular weight excluding hydrogens is 271 g/mol. The Labute approximate surface area is 114 Å². The Hall–Kier alpha value is -2.14. The fourth-order valence-electron chi connectivity index (χ4n) is 1.57. The minimum absolute atomic E-state index is 0.0283. The van der Waals surface area contributed by atoms with Crippen LogP contribution < -0.4 is 4.90 Å². The molecule has 1 heterocycles. The van der Waals surface area contributed by atoms with Crippen LogP contribution in [-0.2, 0) is 0 Å². The SMILES string of the molecule is CN(C(=O)c1cc(F)cnc1Cl)c1cccc(O)c1. The van der Waals surface area contributed by atoms with E-state index in [1.165, 1.54) is 24.1 Å². The van der Waals surface area contributed by atoms with Gasteiger partial charge in [-0.3, -0.25) is 4.79 Å². The first-order chi connectivity index (χ1) is 8.99. The maximum atomic E-state index is 13.1. The van der Waals surface area contributed by atoms with Gasteiger partial charge in [0.2, 0.25) is 0 Å². The van der Waals surface area contributed by atoms with Crippen molar-refractivity contribution < 1.29 is 14.3 Å². The number of amides is 1. The van der Waals surface area contributed by atoms with Gasteiger partial charge in [0.1, 0.15) is 16.7 Å². The molecule has 2 rings (SSSR count). The van der Waals surface area contributed by atoms with Crippen LogP contribution >= 0.6 is 11.6 Å². The summed E-state index contributed by atoms with van der Waals surface area (Å²) in [7, 11) is 1.50. The van der Waals surface area contributed by atoms with Crippen LogP contribution in [0, 0.1) is 5.82 Å². The van der Waals surface area contributed by atoms with Crippen LogP contribution in [0.15, 0.2) is 36.5 Å². The van der Waals surface area contributed by atoms with Crippen molar-refractivity contribution in [3.63, 3.8) is 0 Å². The number of carbonyl (C=O) groups excluding carboxylic acids is 1. The third-order valence-electron chi connectivity index (χ3n) is 2.56. The smallest absolute Gasteiger partial charge is 0.261 e. The Morgan fingerprint density at radius 2 is 2.16 bits per heavy atom. The molecule has 0 aliphatic carbocycles. The summed E-state index contributed by atoms with van der Waals surface area (Å²) >= 11 is 5.78. The molecule has 0 unspecified atom stereocenters. The zero-order valence-corrected chi connectivity index (χ0v) is 10.7. The van der Waals surface area contributed by atoms with E-state index >= 15 is 0 Å². The molecule has 0 fully saturated rings. The zero-order chi connectivity index (χ0) is 14.0. The highest BCUT2D eigenvalue weighted by molar-refractivity contribution is 6.33.